The third-order valence-corrected chi connectivity index (χ3v) is 4.46. The number of hydrogen-bond donors (Lipinski definition) is 2. The van der Waals surface area contributed by atoms with Gasteiger partial charge in [0.25, 0.3) is 11.8 Å². The van der Waals surface area contributed by atoms with E-state index in [9.17, 15) is 14.9 Å². The molecule has 3 N–H and O–H groups in total. The van der Waals surface area contributed by atoms with Crippen molar-refractivity contribution in [1.29, 1.82) is 5.26 Å². The first kappa shape index (κ1) is 21.5. The van der Waals surface area contributed by atoms with E-state index in [-0.39, 0.29) is 17.9 Å². The Morgan fingerprint density at radius 1 is 1.25 bits per heavy atom. The normalized spacial score (nSPS) is 10.7. The summed E-state index contributed by atoms with van der Waals surface area (Å²) in [5, 5.41) is 12.1. The van der Waals surface area contributed by atoms with Gasteiger partial charge in [0.15, 0.2) is 6.61 Å². The summed E-state index contributed by atoms with van der Waals surface area (Å²) in [6.45, 7) is -0.346. The summed E-state index contributed by atoms with van der Waals surface area (Å²) in [6, 6.07) is 11.9. The fourth-order valence-corrected chi connectivity index (χ4v) is 3.53. The van der Waals surface area contributed by atoms with Crippen molar-refractivity contribution in [2.75, 3.05) is 19.0 Å². The molecule has 0 radical (unpaired) electrons. The molecule has 28 heavy (non-hydrogen) atoms. The number of carbonyl (C=O) groups is 2. The molecule has 2 amide bonds. The highest BCUT2D eigenvalue weighted by atomic mass is 79.9. The van der Waals surface area contributed by atoms with Crippen molar-refractivity contribution in [1.82, 2.24) is 0 Å². The van der Waals surface area contributed by atoms with E-state index in [1.54, 1.807) is 36.4 Å². The smallest absolute Gasteiger partial charge is 0.266 e. The first-order valence-corrected chi connectivity index (χ1v) is 9.40. The van der Waals surface area contributed by atoms with E-state index in [0.29, 0.717) is 25.9 Å². The number of nitrogens with two attached hydrogens (primary N) is 1. The summed E-state index contributed by atoms with van der Waals surface area (Å²) in [7, 11) is 1.54. The molecule has 0 saturated carbocycles. The number of halogens is 2. The van der Waals surface area contributed by atoms with Crippen LogP contribution in [0.25, 0.3) is 6.08 Å². The van der Waals surface area contributed by atoms with Gasteiger partial charge in [-0.15, -0.1) is 0 Å². The highest BCUT2D eigenvalue weighted by Gasteiger charge is 2.15. The Hall–Kier alpha value is -2.83. The first-order chi connectivity index (χ1) is 13.3. The summed E-state index contributed by atoms with van der Waals surface area (Å²) in [5.41, 5.74) is 5.90. The lowest BCUT2D eigenvalue weighted by Crippen LogP contribution is -2.20. The lowest BCUT2D eigenvalue weighted by Gasteiger charge is -2.11. The molecule has 7 nitrogen and oxygen atoms in total. The Labute approximate surface area is 178 Å². The molecule has 0 atom stereocenters. The van der Waals surface area contributed by atoms with Crippen molar-refractivity contribution < 1.29 is 19.1 Å². The van der Waals surface area contributed by atoms with Gasteiger partial charge in [0.2, 0.25) is 0 Å². The third kappa shape index (κ3) is 5.84. The van der Waals surface area contributed by atoms with Crippen LogP contribution in [0.2, 0.25) is 0 Å². The second kappa shape index (κ2) is 9.92. The molecule has 0 saturated heterocycles. The average Bonchev–Trinajstić information content (AvgIpc) is 2.65. The lowest BCUT2D eigenvalue weighted by molar-refractivity contribution is -0.120. The van der Waals surface area contributed by atoms with Gasteiger partial charge in [0.1, 0.15) is 23.1 Å². The quantitative estimate of drug-likeness (QED) is 0.437. The zero-order valence-electron chi connectivity index (χ0n) is 14.7. The van der Waals surface area contributed by atoms with Gasteiger partial charge >= 0.3 is 0 Å². The fraction of sp³-hybridized carbons (Fsp3) is 0.105. The van der Waals surface area contributed by atoms with Crippen LogP contribution in [0.5, 0.6) is 11.5 Å². The van der Waals surface area contributed by atoms with Crippen molar-refractivity contribution in [3.05, 3.63) is 56.5 Å². The predicted molar refractivity (Wildman–Crippen MR) is 112 cm³/mol. The number of nitrogens with zero attached hydrogens (tertiary/aromatic N) is 1. The Morgan fingerprint density at radius 2 is 1.93 bits per heavy atom. The van der Waals surface area contributed by atoms with Crippen molar-refractivity contribution in [2.45, 2.75) is 0 Å². The molecule has 0 aliphatic heterocycles. The molecule has 144 valence electrons. The second-order valence-electron chi connectivity index (χ2n) is 5.41. The molecule has 2 rings (SSSR count). The SMILES string of the molecule is COc1ccc(NC(=O)/C(C#N)=C\c2cc(Br)cc(Br)c2OCC(N)=O)cc1. The van der Waals surface area contributed by atoms with Gasteiger partial charge < -0.3 is 20.5 Å². The van der Waals surface area contributed by atoms with Crippen LogP contribution >= 0.6 is 31.9 Å². The molecule has 0 aliphatic carbocycles. The van der Waals surface area contributed by atoms with Crippen molar-refractivity contribution in [3.8, 4) is 17.6 Å². The molecular formula is C19H15Br2N3O4. The minimum atomic E-state index is -0.650. The van der Waals surface area contributed by atoms with E-state index in [1.807, 2.05) is 6.07 Å². The topological polar surface area (TPSA) is 114 Å². The minimum Gasteiger partial charge on any atom is -0.497 e. The average molecular weight is 509 g/mol. The maximum absolute atomic E-state index is 12.5. The van der Waals surface area contributed by atoms with Crippen LogP contribution in [0.1, 0.15) is 5.56 Å². The lowest BCUT2D eigenvalue weighted by atomic mass is 10.1. The van der Waals surface area contributed by atoms with Crippen molar-refractivity contribution in [2.24, 2.45) is 5.73 Å². The highest BCUT2D eigenvalue weighted by molar-refractivity contribution is 9.11. The molecule has 9 heteroatoms. The number of anilines is 1. The molecule has 0 bridgehead atoms. The van der Waals surface area contributed by atoms with Crippen LogP contribution in [0.4, 0.5) is 5.69 Å². The largest absolute Gasteiger partial charge is 0.497 e. The summed E-state index contributed by atoms with van der Waals surface area (Å²) < 4.78 is 11.7. The maximum atomic E-state index is 12.5. The second-order valence-corrected chi connectivity index (χ2v) is 7.18. The summed E-state index contributed by atoms with van der Waals surface area (Å²) in [4.78, 5) is 23.5. The molecule has 0 spiro atoms. The fourth-order valence-electron chi connectivity index (χ4n) is 2.16. The van der Waals surface area contributed by atoms with Crippen molar-refractivity contribution in [3.63, 3.8) is 0 Å². The monoisotopic (exact) mass is 507 g/mol. The van der Waals surface area contributed by atoms with E-state index in [2.05, 4.69) is 37.2 Å². The van der Waals surface area contributed by atoms with Crippen LogP contribution in [0, 0.1) is 11.3 Å². The maximum Gasteiger partial charge on any atom is 0.266 e. The molecule has 0 unspecified atom stereocenters. The van der Waals surface area contributed by atoms with E-state index < -0.39 is 11.8 Å². The molecule has 0 aliphatic rings. The standard InChI is InChI=1S/C19H15Br2N3O4/c1-27-15-4-2-14(3-5-15)24-19(26)12(9-22)6-11-7-13(20)8-16(21)18(11)28-10-17(23)25/h2-8H,10H2,1H3,(H2,23,25)(H,24,26)/b12-6-. The molecule has 0 heterocycles. The van der Waals surface area contributed by atoms with Crippen LogP contribution in [-0.2, 0) is 9.59 Å². The number of methoxy groups -OCH3 is 1. The Balaban J connectivity index is 2.33. The van der Waals surface area contributed by atoms with Gasteiger partial charge in [-0.2, -0.15) is 5.26 Å². The molecule has 0 aromatic heterocycles. The number of benzene rings is 2. The Bertz CT molecular complexity index is 966. The van der Waals surface area contributed by atoms with Crippen LogP contribution in [-0.4, -0.2) is 25.5 Å². The van der Waals surface area contributed by atoms with Gasteiger partial charge in [-0.25, -0.2) is 0 Å². The van der Waals surface area contributed by atoms with Crippen molar-refractivity contribution >= 4 is 55.4 Å². The summed E-state index contributed by atoms with van der Waals surface area (Å²) in [5.74, 6) is -0.316. The van der Waals surface area contributed by atoms with E-state index in [0.717, 1.165) is 0 Å². The van der Waals surface area contributed by atoms with Gasteiger partial charge in [0.05, 0.1) is 11.6 Å². The first-order valence-electron chi connectivity index (χ1n) is 7.81. The number of ether oxygens (including phenoxy) is 2. The van der Waals surface area contributed by atoms with Crippen LogP contribution in [0.3, 0.4) is 0 Å². The molecule has 0 fully saturated rings. The summed E-state index contributed by atoms with van der Waals surface area (Å²) in [6.07, 6.45) is 1.37. The van der Waals surface area contributed by atoms with Crippen LogP contribution in [0.15, 0.2) is 50.9 Å². The number of hydrogen-bond acceptors (Lipinski definition) is 5. The zero-order chi connectivity index (χ0) is 20.7. The van der Waals surface area contributed by atoms with Gasteiger partial charge in [-0.3, -0.25) is 9.59 Å². The molecule has 2 aromatic rings. The minimum absolute atomic E-state index is 0.148. The third-order valence-electron chi connectivity index (χ3n) is 3.41. The van der Waals surface area contributed by atoms with E-state index in [4.69, 9.17) is 15.2 Å². The predicted octanol–water partition coefficient (Wildman–Crippen LogP) is 3.63. The molecule has 2 aromatic carbocycles. The number of primary amides is 1. The summed E-state index contributed by atoms with van der Waals surface area (Å²) >= 11 is 6.67. The number of nitriles is 1. The van der Waals surface area contributed by atoms with E-state index in [1.165, 1.54) is 13.2 Å². The number of amides is 2. The number of carbonyl (C=O) groups excluding carboxylic acids is 2. The Morgan fingerprint density at radius 3 is 2.50 bits per heavy atom. The number of nitrogens with one attached hydrogen (secondary N) is 1. The van der Waals surface area contributed by atoms with Gasteiger partial charge in [0, 0.05) is 15.7 Å². The Kier molecular flexibility index (Phi) is 7.61. The van der Waals surface area contributed by atoms with E-state index >= 15 is 0 Å². The van der Waals surface area contributed by atoms with Crippen LogP contribution < -0.4 is 20.5 Å². The molecular weight excluding hydrogens is 494 g/mol. The zero-order valence-corrected chi connectivity index (χ0v) is 17.8. The van der Waals surface area contributed by atoms with Gasteiger partial charge in [-0.05, 0) is 58.4 Å². The highest BCUT2D eigenvalue weighted by Crippen LogP contribution is 2.34. The van der Waals surface area contributed by atoms with Gasteiger partial charge in [-0.1, -0.05) is 15.9 Å². The number of rotatable bonds is 7.